The van der Waals surface area contributed by atoms with Gasteiger partial charge in [-0.05, 0) is 43.2 Å². The van der Waals surface area contributed by atoms with Gasteiger partial charge in [0.15, 0.2) is 0 Å². The summed E-state index contributed by atoms with van der Waals surface area (Å²) in [7, 11) is 0. The smallest absolute Gasteiger partial charge is 0.224 e. The Morgan fingerprint density at radius 3 is 2.52 bits per heavy atom. The van der Waals surface area contributed by atoms with Gasteiger partial charge < -0.3 is 10.1 Å². The molecule has 4 heteroatoms. The second-order valence-corrected chi connectivity index (χ2v) is 5.01. The molecule has 0 saturated carbocycles. The van der Waals surface area contributed by atoms with Gasteiger partial charge in [-0.3, -0.25) is 4.79 Å². The van der Waals surface area contributed by atoms with Crippen LogP contribution in [0.25, 0.3) is 0 Å². The van der Waals surface area contributed by atoms with Crippen molar-refractivity contribution in [1.29, 1.82) is 0 Å². The summed E-state index contributed by atoms with van der Waals surface area (Å²) in [5.74, 6) is 0.804. The summed E-state index contributed by atoms with van der Waals surface area (Å²) in [6.07, 6.45) is 1.10. The Hall–Kier alpha value is -2.00. The summed E-state index contributed by atoms with van der Waals surface area (Å²) in [5.41, 5.74) is 1.75. The predicted molar refractivity (Wildman–Crippen MR) is 86.0 cm³/mol. The normalized spacial score (nSPS) is 10.2. The number of ether oxygens (including phenoxy) is 1. The standard InChI is InChI=1S/C17H18ClNO2/c1-2-21-14-10-7-13(8-11-14)9-12-17(20)19-16-6-4-3-5-15(16)18/h3-8,10-11H,2,9,12H2,1H3,(H,19,20). The second kappa shape index (κ2) is 7.70. The van der Waals surface area contributed by atoms with Crippen LogP contribution in [0.2, 0.25) is 5.02 Å². The zero-order valence-corrected chi connectivity index (χ0v) is 12.7. The molecule has 0 aliphatic carbocycles. The number of anilines is 1. The second-order valence-electron chi connectivity index (χ2n) is 4.60. The Balaban J connectivity index is 1.85. The van der Waals surface area contributed by atoms with Crippen LogP contribution in [-0.4, -0.2) is 12.5 Å². The zero-order valence-electron chi connectivity index (χ0n) is 11.9. The molecule has 0 aliphatic heterocycles. The quantitative estimate of drug-likeness (QED) is 0.863. The number of aryl methyl sites for hydroxylation is 1. The van der Waals surface area contributed by atoms with Gasteiger partial charge in [-0.15, -0.1) is 0 Å². The van der Waals surface area contributed by atoms with Crippen molar-refractivity contribution in [3.8, 4) is 5.75 Å². The lowest BCUT2D eigenvalue weighted by atomic mass is 10.1. The fraction of sp³-hybridized carbons (Fsp3) is 0.235. The Bertz CT molecular complexity index is 596. The van der Waals surface area contributed by atoms with E-state index < -0.39 is 0 Å². The number of benzene rings is 2. The van der Waals surface area contributed by atoms with Crippen LogP contribution >= 0.6 is 11.6 Å². The molecule has 1 amide bonds. The highest BCUT2D eigenvalue weighted by molar-refractivity contribution is 6.33. The molecule has 2 aromatic carbocycles. The molecule has 21 heavy (non-hydrogen) atoms. The summed E-state index contributed by atoms with van der Waals surface area (Å²) in [6.45, 7) is 2.60. The third-order valence-corrected chi connectivity index (χ3v) is 3.35. The molecule has 0 radical (unpaired) electrons. The third kappa shape index (κ3) is 4.80. The van der Waals surface area contributed by atoms with E-state index in [1.807, 2.05) is 43.3 Å². The summed E-state index contributed by atoms with van der Waals surface area (Å²) < 4.78 is 5.38. The van der Waals surface area contributed by atoms with E-state index in [-0.39, 0.29) is 5.91 Å². The fourth-order valence-electron chi connectivity index (χ4n) is 1.95. The first-order valence-corrected chi connectivity index (χ1v) is 7.33. The first kappa shape index (κ1) is 15.4. The molecule has 2 aromatic rings. The minimum absolute atomic E-state index is 0.0445. The maximum absolute atomic E-state index is 11.9. The SMILES string of the molecule is CCOc1ccc(CCC(=O)Nc2ccccc2Cl)cc1. The van der Waals surface area contributed by atoms with E-state index in [0.717, 1.165) is 11.3 Å². The molecule has 0 saturated heterocycles. The minimum Gasteiger partial charge on any atom is -0.494 e. The van der Waals surface area contributed by atoms with E-state index in [1.54, 1.807) is 12.1 Å². The van der Waals surface area contributed by atoms with Crippen LogP contribution in [0, 0.1) is 0 Å². The number of halogens is 1. The van der Waals surface area contributed by atoms with Crippen LogP contribution in [0.5, 0.6) is 5.75 Å². The monoisotopic (exact) mass is 303 g/mol. The van der Waals surface area contributed by atoms with Crippen molar-refractivity contribution in [1.82, 2.24) is 0 Å². The van der Waals surface area contributed by atoms with Crippen molar-refractivity contribution in [2.75, 3.05) is 11.9 Å². The highest BCUT2D eigenvalue weighted by Crippen LogP contribution is 2.20. The predicted octanol–water partition coefficient (Wildman–Crippen LogP) is 4.31. The van der Waals surface area contributed by atoms with Gasteiger partial charge >= 0.3 is 0 Å². The van der Waals surface area contributed by atoms with Gasteiger partial charge in [0, 0.05) is 6.42 Å². The molecule has 3 nitrogen and oxygen atoms in total. The van der Waals surface area contributed by atoms with Gasteiger partial charge in [0.2, 0.25) is 5.91 Å². The van der Waals surface area contributed by atoms with Crippen LogP contribution in [0.15, 0.2) is 48.5 Å². The molecule has 0 fully saturated rings. The number of rotatable bonds is 6. The van der Waals surface area contributed by atoms with Crippen LogP contribution in [0.4, 0.5) is 5.69 Å². The van der Waals surface area contributed by atoms with Crippen molar-refractivity contribution in [2.45, 2.75) is 19.8 Å². The van der Waals surface area contributed by atoms with Gasteiger partial charge in [-0.2, -0.15) is 0 Å². The van der Waals surface area contributed by atoms with Crippen molar-refractivity contribution >= 4 is 23.2 Å². The van der Waals surface area contributed by atoms with E-state index in [1.165, 1.54) is 0 Å². The fourth-order valence-corrected chi connectivity index (χ4v) is 2.14. The third-order valence-electron chi connectivity index (χ3n) is 3.02. The molecule has 110 valence electrons. The lowest BCUT2D eigenvalue weighted by molar-refractivity contribution is -0.116. The van der Waals surface area contributed by atoms with Gasteiger partial charge in [0.05, 0.1) is 17.3 Å². The van der Waals surface area contributed by atoms with Crippen molar-refractivity contribution in [3.05, 3.63) is 59.1 Å². The first-order chi connectivity index (χ1) is 10.2. The molecule has 0 atom stereocenters. The van der Waals surface area contributed by atoms with Crippen molar-refractivity contribution < 1.29 is 9.53 Å². The van der Waals surface area contributed by atoms with E-state index in [9.17, 15) is 4.79 Å². The number of carbonyl (C=O) groups is 1. The average Bonchev–Trinajstić information content (AvgIpc) is 2.49. The zero-order chi connectivity index (χ0) is 15.1. The topological polar surface area (TPSA) is 38.3 Å². The number of amides is 1. The van der Waals surface area contributed by atoms with E-state index >= 15 is 0 Å². The van der Waals surface area contributed by atoms with E-state index in [4.69, 9.17) is 16.3 Å². The molecule has 0 heterocycles. The van der Waals surface area contributed by atoms with Crippen LogP contribution in [0.1, 0.15) is 18.9 Å². The van der Waals surface area contributed by atoms with Gasteiger partial charge in [-0.1, -0.05) is 35.9 Å². The Morgan fingerprint density at radius 2 is 1.86 bits per heavy atom. The Kier molecular flexibility index (Phi) is 5.64. The summed E-state index contributed by atoms with van der Waals surface area (Å²) in [5, 5.41) is 3.36. The molecule has 0 aromatic heterocycles. The molecule has 2 rings (SSSR count). The Labute approximate surface area is 129 Å². The van der Waals surface area contributed by atoms with Crippen molar-refractivity contribution in [3.63, 3.8) is 0 Å². The van der Waals surface area contributed by atoms with Gasteiger partial charge in [0.1, 0.15) is 5.75 Å². The summed E-state index contributed by atoms with van der Waals surface area (Å²) >= 11 is 6.00. The van der Waals surface area contributed by atoms with Gasteiger partial charge in [-0.25, -0.2) is 0 Å². The molecule has 1 N–H and O–H groups in total. The molecule has 0 bridgehead atoms. The minimum atomic E-state index is -0.0445. The van der Waals surface area contributed by atoms with E-state index in [2.05, 4.69) is 5.32 Å². The Morgan fingerprint density at radius 1 is 1.14 bits per heavy atom. The number of carbonyl (C=O) groups excluding carboxylic acids is 1. The highest BCUT2D eigenvalue weighted by atomic mass is 35.5. The molecule has 0 unspecified atom stereocenters. The van der Waals surface area contributed by atoms with E-state index in [0.29, 0.717) is 30.2 Å². The number of para-hydroxylation sites is 1. The highest BCUT2D eigenvalue weighted by Gasteiger charge is 2.05. The lowest BCUT2D eigenvalue weighted by Crippen LogP contribution is -2.12. The van der Waals surface area contributed by atoms with Crippen LogP contribution in [-0.2, 0) is 11.2 Å². The molecular weight excluding hydrogens is 286 g/mol. The average molecular weight is 304 g/mol. The first-order valence-electron chi connectivity index (χ1n) is 6.95. The maximum Gasteiger partial charge on any atom is 0.224 e. The number of hydrogen-bond acceptors (Lipinski definition) is 2. The van der Waals surface area contributed by atoms with Crippen LogP contribution < -0.4 is 10.1 Å². The molecule has 0 aliphatic rings. The van der Waals surface area contributed by atoms with Crippen LogP contribution in [0.3, 0.4) is 0 Å². The number of hydrogen-bond donors (Lipinski definition) is 1. The maximum atomic E-state index is 11.9. The van der Waals surface area contributed by atoms with Crippen molar-refractivity contribution in [2.24, 2.45) is 0 Å². The van der Waals surface area contributed by atoms with Gasteiger partial charge in [0.25, 0.3) is 0 Å². The number of nitrogens with one attached hydrogen (secondary N) is 1. The lowest BCUT2D eigenvalue weighted by Gasteiger charge is -2.07. The molecule has 0 spiro atoms. The largest absolute Gasteiger partial charge is 0.494 e. The molecular formula is C17H18ClNO2. The summed E-state index contributed by atoms with van der Waals surface area (Å²) in [6, 6.07) is 15.0. The summed E-state index contributed by atoms with van der Waals surface area (Å²) in [4.78, 5) is 11.9.